The number of nitrogen functional groups attached to an aromatic ring is 1. The van der Waals surface area contributed by atoms with Crippen molar-refractivity contribution in [3.8, 4) is 5.75 Å². The molecule has 2 rings (SSSR count). The van der Waals surface area contributed by atoms with Gasteiger partial charge >= 0.3 is 0 Å². The predicted molar refractivity (Wildman–Crippen MR) is 71.2 cm³/mol. The van der Waals surface area contributed by atoms with Crippen molar-refractivity contribution < 1.29 is 5.11 Å². The number of para-hydroxylation sites is 1. The fraction of sp³-hybridized carbons (Fsp3) is 0.200. The van der Waals surface area contributed by atoms with Crippen LogP contribution in [0.4, 0.5) is 5.69 Å². The molecular formula is C15H17NO. The molecule has 0 aliphatic rings. The topological polar surface area (TPSA) is 46.2 Å². The molecule has 0 saturated carbocycles. The number of phenolic OH excluding ortho intramolecular Hbond substituents is 1. The van der Waals surface area contributed by atoms with E-state index in [1.54, 1.807) is 0 Å². The Morgan fingerprint density at radius 3 is 2.53 bits per heavy atom. The van der Waals surface area contributed by atoms with Crippen LogP contribution in [0.25, 0.3) is 0 Å². The molecular weight excluding hydrogens is 210 g/mol. The Kier molecular flexibility index (Phi) is 3.05. The Labute approximate surface area is 102 Å². The summed E-state index contributed by atoms with van der Waals surface area (Å²) < 4.78 is 0. The van der Waals surface area contributed by atoms with Crippen molar-refractivity contribution in [1.82, 2.24) is 0 Å². The van der Waals surface area contributed by atoms with Crippen LogP contribution in [0.3, 0.4) is 0 Å². The fourth-order valence-electron chi connectivity index (χ4n) is 2.04. The van der Waals surface area contributed by atoms with E-state index in [1.807, 2.05) is 49.4 Å². The van der Waals surface area contributed by atoms with Crippen LogP contribution in [-0.4, -0.2) is 5.11 Å². The standard InChI is InChI=1S/C15H17NO/c1-10-5-3-8-14(15(10)17)11(2)12-6-4-7-13(16)9-12/h3-9,11,17H,16H2,1-2H3. The van der Waals surface area contributed by atoms with Crippen molar-refractivity contribution in [3.05, 3.63) is 59.2 Å². The van der Waals surface area contributed by atoms with E-state index in [1.165, 1.54) is 0 Å². The van der Waals surface area contributed by atoms with Gasteiger partial charge in [0.1, 0.15) is 5.75 Å². The molecule has 2 heteroatoms. The summed E-state index contributed by atoms with van der Waals surface area (Å²) in [5.74, 6) is 0.515. The second-order valence-corrected chi connectivity index (χ2v) is 4.40. The average molecular weight is 227 g/mol. The van der Waals surface area contributed by atoms with E-state index in [0.717, 1.165) is 22.4 Å². The van der Waals surface area contributed by atoms with Gasteiger partial charge in [-0.1, -0.05) is 37.3 Å². The number of phenols is 1. The van der Waals surface area contributed by atoms with Crippen LogP contribution in [0.1, 0.15) is 29.5 Å². The zero-order valence-corrected chi connectivity index (χ0v) is 10.1. The van der Waals surface area contributed by atoms with Crippen molar-refractivity contribution in [3.63, 3.8) is 0 Å². The Morgan fingerprint density at radius 2 is 1.82 bits per heavy atom. The molecule has 2 aromatic carbocycles. The lowest BCUT2D eigenvalue weighted by Gasteiger charge is -2.15. The molecule has 17 heavy (non-hydrogen) atoms. The van der Waals surface area contributed by atoms with Gasteiger partial charge in [0.05, 0.1) is 0 Å². The van der Waals surface area contributed by atoms with Crippen molar-refractivity contribution in [2.75, 3.05) is 5.73 Å². The first-order valence-corrected chi connectivity index (χ1v) is 5.73. The number of benzene rings is 2. The second kappa shape index (κ2) is 4.50. The minimum Gasteiger partial charge on any atom is -0.507 e. The zero-order valence-electron chi connectivity index (χ0n) is 10.1. The Hall–Kier alpha value is -1.96. The Morgan fingerprint density at radius 1 is 1.12 bits per heavy atom. The van der Waals surface area contributed by atoms with Gasteiger partial charge in [-0.3, -0.25) is 0 Å². The predicted octanol–water partition coefficient (Wildman–Crippen LogP) is 3.43. The van der Waals surface area contributed by atoms with Crippen molar-refractivity contribution in [2.45, 2.75) is 19.8 Å². The van der Waals surface area contributed by atoms with E-state index in [2.05, 4.69) is 6.92 Å². The first-order valence-electron chi connectivity index (χ1n) is 5.73. The van der Waals surface area contributed by atoms with Crippen LogP contribution in [0.15, 0.2) is 42.5 Å². The SMILES string of the molecule is Cc1cccc(C(C)c2cccc(N)c2)c1O. The highest BCUT2D eigenvalue weighted by molar-refractivity contribution is 5.48. The number of aromatic hydroxyl groups is 1. The van der Waals surface area contributed by atoms with E-state index in [0.29, 0.717) is 5.75 Å². The van der Waals surface area contributed by atoms with Crippen LogP contribution >= 0.6 is 0 Å². The lowest BCUT2D eigenvalue weighted by atomic mass is 9.91. The van der Waals surface area contributed by atoms with E-state index in [4.69, 9.17) is 5.73 Å². The van der Waals surface area contributed by atoms with Crippen LogP contribution in [0.5, 0.6) is 5.75 Å². The molecule has 1 atom stereocenters. The molecule has 3 N–H and O–H groups in total. The summed E-state index contributed by atoms with van der Waals surface area (Å²) in [5, 5.41) is 10.1. The lowest BCUT2D eigenvalue weighted by molar-refractivity contribution is 0.462. The molecule has 0 bridgehead atoms. The Bertz CT molecular complexity index is 534. The van der Waals surface area contributed by atoms with E-state index < -0.39 is 0 Å². The number of hydrogen-bond donors (Lipinski definition) is 2. The number of rotatable bonds is 2. The highest BCUT2D eigenvalue weighted by Crippen LogP contribution is 2.33. The molecule has 2 aromatic rings. The van der Waals surface area contributed by atoms with Gasteiger partial charge in [-0.2, -0.15) is 0 Å². The summed E-state index contributed by atoms with van der Waals surface area (Å²) in [7, 11) is 0. The minimum atomic E-state index is 0.137. The van der Waals surface area contributed by atoms with Gasteiger partial charge in [-0.05, 0) is 30.2 Å². The van der Waals surface area contributed by atoms with Crippen LogP contribution in [0.2, 0.25) is 0 Å². The third-order valence-electron chi connectivity index (χ3n) is 3.15. The number of aryl methyl sites for hydroxylation is 1. The first-order chi connectivity index (χ1) is 8.09. The van der Waals surface area contributed by atoms with Crippen LogP contribution in [-0.2, 0) is 0 Å². The summed E-state index contributed by atoms with van der Waals surface area (Å²) >= 11 is 0. The number of hydrogen-bond acceptors (Lipinski definition) is 2. The van der Waals surface area contributed by atoms with Gasteiger partial charge in [0.15, 0.2) is 0 Å². The van der Waals surface area contributed by atoms with E-state index in [9.17, 15) is 5.11 Å². The molecule has 88 valence electrons. The molecule has 0 fully saturated rings. The molecule has 0 amide bonds. The fourth-order valence-corrected chi connectivity index (χ4v) is 2.04. The average Bonchev–Trinajstić information content (AvgIpc) is 2.32. The van der Waals surface area contributed by atoms with Gasteiger partial charge in [-0.25, -0.2) is 0 Å². The largest absolute Gasteiger partial charge is 0.507 e. The zero-order chi connectivity index (χ0) is 12.4. The van der Waals surface area contributed by atoms with E-state index in [-0.39, 0.29) is 5.92 Å². The molecule has 0 spiro atoms. The maximum absolute atomic E-state index is 10.1. The summed E-state index contributed by atoms with van der Waals surface area (Å²) in [6, 6.07) is 13.6. The molecule has 1 unspecified atom stereocenters. The van der Waals surface area contributed by atoms with Crippen molar-refractivity contribution >= 4 is 5.69 Å². The highest BCUT2D eigenvalue weighted by atomic mass is 16.3. The molecule has 0 aromatic heterocycles. The Balaban J connectivity index is 2.44. The van der Waals surface area contributed by atoms with Crippen LogP contribution in [0, 0.1) is 6.92 Å². The third kappa shape index (κ3) is 2.26. The summed E-state index contributed by atoms with van der Waals surface area (Å²) in [4.78, 5) is 0. The van der Waals surface area contributed by atoms with E-state index >= 15 is 0 Å². The van der Waals surface area contributed by atoms with Gasteiger partial charge in [-0.15, -0.1) is 0 Å². The molecule has 0 heterocycles. The quantitative estimate of drug-likeness (QED) is 0.772. The van der Waals surface area contributed by atoms with Crippen LogP contribution < -0.4 is 5.73 Å². The summed E-state index contributed by atoms with van der Waals surface area (Å²) in [6.07, 6.45) is 0. The smallest absolute Gasteiger partial charge is 0.122 e. The normalized spacial score (nSPS) is 12.4. The van der Waals surface area contributed by atoms with Gasteiger partial charge in [0.25, 0.3) is 0 Å². The number of anilines is 1. The third-order valence-corrected chi connectivity index (χ3v) is 3.15. The van der Waals surface area contributed by atoms with Gasteiger partial charge in [0, 0.05) is 17.2 Å². The monoisotopic (exact) mass is 227 g/mol. The molecule has 2 nitrogen and oxygen atoms in total. The van der Waals surface area contributed by atoms with Gasteiger partial charge < -0.3 is 10.8 Å². The maximum atomic E-state index is 10.1. The lowest BCUT2D eigenvalue weighted by Crippen LogP contribution is -1.98. The molecule has 0 radical (unpaired) electrons. The number of nitrogens with two attached hydrogens (primary N) is 1. The molecule has 0 aliphatic heterocycles. The first kappa shape index (κ1) is 11.5. The highest BCUT2D eigenvalue weighted by Gasteiger charge is 2.13. The molecule has 0 aliphatic carbocycles. The van der Waals surface area contributed by atoms with Gasteiger partial charge in [0.2, 0.25) is 0 Å². The molecule has 0 saturated heterocycles. The second-order valence-electron chi connectivity index (χ2n) is 4.40. The van der Waals surface area contributed by atoms with Crippen molar-refractivity contribution in [1.29, 1.82) is 0 Å². The summed E-state index contributed by atoms with van der Waals surface area (Å²) in [5.41, 5.74) is 9.49. The maximum Gasteiger partial charge on any atom is 0.122 e. The van der Waals surface area contributed by atoms with Crippen molar-refractivity contribution in [2.24, 2.45) is 0 Å². The minimum absolute atomic E-state index is 0.137. The summed E-state index contributed by atoms with van der Waals surface area (Å²) in [6.45, 7) is 3.98.